The minimum Gasteiger partial charge on any atom is -0.457 e. The first kappa shape index (κ1) is 66.0. The summed E-state index contributed by atoms with van der Waals surface area (Å²) in [5.74, 6) is -0.487. The molecule has 0 radical (unpaired) electrons. The Morgan fingerprint density at radius 2 is 0.988 bits per heavy atom. The van der Waals surface area contributed by atoms with Gasteiger partial charge in [0.25, 0.3) is 0 Å². The van der Waals surface area contributed by atoms with Gasteiger partial charge in [-0.2, -0.15) is 0 Å². The molecule has 1 saturated heterocycles. The fourth-order valence-electron chi connectivity index (χ4n) is 10.5. The molecule has 0 unspecified atom stereocenters. The van der Waals surface area contributed by atoms with Crippen LogP contribution in [0.1, 0.15) is 133 Å². The highest BCUT2D eigenvalue weighted by molar-refractivity contribution is 6.74. The summed E-state index contributed by atoms with van der Waals surface area (Å²) in [6, 6.07) is 47.6. The van der Waals surface area contributed by atoms with Gasteiger partial charge in [0.05, 0.1) is 45.7 Å². The fraction of sp³-hybridized carbons (Fsp3) is 0.522. The van der Waals surface area contributed by atoms with Crippen molar-refractivity contribution < 1.29 is 52.2 Å². The quantitative estimate of drug-likeness (QED) is 0.00779. The number of azide groups is 1. The summed E-state index contributed by atoms with van der Waals surface area (Å²) in [6.45, 7) is 13.8. The number of aliphatic hydroxyl groups excluding tert-OH is 1. The molecule has 0 aromatic heterocycles. The largest absolute Gasteiger partial charge is 0.457 e. The second-order valence-corrected chi connectivity index (χ2v) is 28.6. The third-order valence-corrected chi connectivity index (χ3v) is 20.7. The summed E-state index contributed by atoms with van der Waals surface area (Å²) < 4.78 is 62.5. The monoisotopic (exact) mass is 1170 g/mol. The molecule has 1 saturated carbocycles. The normalized spacial score (nSPS) is 23.7. The van der Waals surface area contributed by atoms with Crippen LogP contribution in [0.5, 0.6) is 0 Å². The minimum atomic E-state index is -2.64. The third kappa shape index (κ3) is 20.9. The Morgan fingerprint density at radius 3 is 1.45 bits per heavy atom. The lowest BCUT2D eigenvalue weighted by Crippen LogP contribution is -2.69. The van der Waals surface area contributed by atoms with Crippen LogP contribution < -0.4 is 0 Å². The van der Waals surface area contributed by atoms with Crippen LogP contribution in [0, 0.1) is 0 Å². The molecule has 84 heavy (non-hydrogen) atoms. The van der Waals surface area contributed by atoms with Crippen molar-refractivity contribution in [2.75, 3.05) is 6.61 Å². The highest BCUT2D eigenvalue weighted by Crippen LogP contribution is 2.42. The summed E-state index contributed by atoms with van der Waals surface area (Å²) in [4.78, 5) is 17.8. The molecule has 11 atom stereocenters. The first-order valence-corrected chi connectivity index (χ1v) is 33.5. The number of rotatable bonds is 35. The predicted molar refractivity (Wildman–Crippen MR) is 331 cm³/mol. The third-order valence-electron chi connectivity index (χ3n) is 16.2. The van der Waals surface area contributed by atoms with Crippen LogP contribution in [0.15, 0.2) is 169 Å². The molecular formula is C69H93N3O11Si. The maximum atomic E-state index is 14.4. The molecule has 1 aliphatic carbocycles. The average molecular weight is 1170 g/mol. The number of esters is 1. The Hall–Kier alpha value is -5.52. The van der Waals surface area contributed by atoms with E-state index in [0.717, 1.165) is 66.3 Å². The highest BCUT2D eigenvalue weighted by Gasteiger charge is 2.58. The van der Waals surface area contributed by atoms with Crippen molar-refractivity contribution in [3.63, 3.8) is 0 Å². The van der Waals surface area contributed by atoms with Crippen LogP contribution >= 0.6 is 0 Å². The van der Waals surface area contributed by atoms with E-state index in [2.05, 4.69) is 63.0 Å². The predicted octanol–water partition coefficient (Wildman–Crippen LogP) is 15.3. The fourth-order valence-corrected chi connectivity index (χ4v) is 11.8. The Kier molecular flexibility index (Phi) is 27.7. The average Bonchev–Trinajstić information content (AvgIpc) is 3.66. The number of hydrogen-bond donors (Lipinski definition) is 1. The van der Waals surface area contributed by atoms with Gasteiger partial charge in [-0.25, -0.2) is 0 Å². The minimum absolute atomic E-state index is 0.0398. The van der Waals surface area contributed by atoms with E-state index in [-0.39, 0.29) is 51.1 Å². The molecular weight excluding hydrogens is 1070 g/mol. The van der Waals surface area contributed by atoms with Crippen molar-refractivity contribution in [3.8, 4) is 0 Å². The summed E-state index contributed by atoms with van der Waals surface area (Å²) in [7, 11) is -2.64. The number of unbranched alkanes of at least 4 members (excludes halogenated alkanes) is 9. The zero-order valence-corrected chi connectivity index (χ0v) is 51.5. The van der Waals surface area contributed by atoms with E-state index in [1.54, 1.807) is 0 Å². The zero-order chi connectivity index (χ0) is 59.4. The highest BCUT2D eigenvalue weighted by atomic mass is 28.4. The molecule has 1 N–H and O–H groups in total. The number of allylic oxidation sites excluding steroid dienone is 2. The summed E-state index contributed by atoms with van der Waals surface area (Å²) in [5, 5.41) is 17.4. The number of benzene rings is 5. The smallest absolute Gasteiger partial charge is 0.306 e. The molecule has 0 spiro atoms. The summed E-state index contributed by atoms with van der Waals surface area (Å²) >= 11 is 0. The van der Waals surface area contributed by atoms with E-state index in [1.165, 1.54) is 25.7 Å². The Labute approximate surface area is 501 Å². The number of hydrogen-bond acceptors (Lipinski definition) is 12. The van der Waals surface area contributed by atoms with E-state index in [9.17, 15) is 15.4 Å². The van der Waals surface area contributed by atoms with Gasteiger partial charge in [-0.05, 0) is 83.6 Å². The van der Waals surface area contributed by atoms with Crippen LogP contribution in [-0.4, -0.2) is 93.3 Å². The number of nitrogens with zero attached hydrogens (tertiary/aromatic N) is 3. The molecule has 0 amide bonds. The summed E-state index contributed by atoms with van der Waals surface area (Å²) in [5.41, 5.74) is 15.0. The topological polar surface area (TPSA) is 169 Å². The second kappa shape index (κ2) is 35.2. The van der Waals surface area contributed by atoms with Gasteiger partial charge in [-0.3, -0.25) is 4.79 Å². The Balaban J connectivity index is 1.25. The maximum absolute atomic E-state index is 14.4. The molecule has 14 nitrogen and oxygen atoms in total. The van der Waals surface area contributed by atoms with Gasteiger partial charge in [-0.15, -0.1) is 0 Å². The van der Waals surface area contributed by atoms with Gasteiger partial charge < -0.3 is 47.4 Å². The van der Waals surface area contributed by atoms with E-state index >= 15 is 0 Å². The first-order valence-electron chi connectivity index (χ1n) is 30.6. The lowest BCUT2D eigenvalue weighted by Gasteiger charge is -2.52. The Morgan fingerprint density at radius 1 is 0.571 bits per heavy atom. The molecule has 15 heteroatoms. The molecule has 454 valence electrons. The molecule has 1 aliphatic heterocycles. The number of aliphatic hydroxyl groups is 1. The molecule has 5 aromatic rings. The van der Waals surface area contributed by atoms with Gasteiger partial charge in [0, 0.05) is 11.3 Å². The van der Waals surface area contributed by atoms with Crippen LogP contribution in [0.2, 0.25) is 18.1 Å². The van der Waals surface area contributed by atoms with Crippen LogP contribution in [0.25, 0.3) is 10.4 Å². The lowest BCUT2D eigenvalue weighted by atomic mass is 9.83. The van der Waals surface area contributed by atoms with Gasteiger partial charge in [0.2, 0.25) is 0 Å². The van der Waals surface area contributed by atoms with Crippen molar-refractivity contribution in [2.24, 2.45) is 5.11 Å². The molecule has 2 fully saturated rings. The van der Waals surface area contributed by atoms with Crippen molar-refractivity contribution >= 4 is 14.3 Å². The van der Waals surface area contributed by atoms with Crippen LogP contribution in [-0.2, 0) is 80.1 Å². The van der Waals surface area contributed by atoms with Crippen LogP contribution in [0.3, 0.4) is 0 Å². The van der Waals surface area contributed by atoms with E-state index < -0.39 is 81.6 Å². The maximum Gasteiger partial charge on any atom is 0.306 e. The molecule has 1 heterocycles. The molecule has 0 bridgehead atoms. The van der Waals surface area contributed by atoms with Gasteiger partial charge in [0.15, 0.2) is 20.7 Å². The number of carbonyl (C=O) groups is 1. The molecule has 5 aromatic carbocycles. The van der Waals surface area contributed by atoms with E-state index in [1.807, 2.05) is 152 Å². The van der Waals surface area contributed by atoms with Gasteiger partial charge >= 0.3 is 5.97 Å². The number of ether oxygens (including phenoxy) is 8. The van der Waals surface area contributed by atoms with Crippen molar-refractivity contribution in [2.45, 2.75) is 223 Å². The summed E-state index contributed by atoms with van der Waals surface area (Å²) in [6.07, 6.45) is 5.12. The molecule has 7 rings (SSSR count). The lowest BCUT2D eigenvalue weighted by molar-refractivity contribution is -0.331. The zero-order valence-electron chi connectivity index (χ0n) is 50.5. The van der Waals surface area contributed by atoms with Crippen molar-refractivity contribution in [1.29, 1.82) is 0 Å². The van der Waals surface area contributed by atoms with Gasteiger partial charge in [-0.1, -0.05) is 235 Å². The second-order valence-electron chi connectivity index (χ2n) is 23.8. The standard InChI is InChI=1S/C69H93N3O11Si/c1-7-8-9-10-11-12-13-14-15-16-17-18-34-45-58(73)81-63-60(74)64(66(78-49-55-41-30-22-31-42-55)67(79-50-56-43-32-23-33-44-56)65(63)77-48-54-39-28-21-29-40-54)82-68-59(71-72-70)62(76-47-53-37-26-20-27-38-53)61(83-84(5,6)69(2,3)4)57(80-68)51-75-46-52-35-24-19-25-36-52/h12-13,19-33,35-44,57,59-68,74H,7-11,14-18,34,45-51H2,1-6H3/b13-12-/t57-,59-,60-,61-,62-,63+,64+,65+,66-,67-,68-/m1/s1. The SMILES string of the molecule is CCCCCC/C=C\CCCCCCCC(=O)O[C@H]1[C@@H](O)[C@H](O[C@H]2O[C@H](COCc3ccccc3)[C@@H](O[Si](C)(C)C(C)(C)C)[C@H](OCc3ccccc3)[C@H]2N=[N+]=[N-])[C@@H](OCc2ccccc2)[C@H](OCc2ccccc2)[C@H]1OCc1ccccc1. The first-order chi connectivity index (χ1) is 40.8. The van der Waals surface area contributed by atoms with E-state index in [0.29, 0.717) is 6.42 Å². The van der Waals surface area contributed by atoms with Crippen molar-refractivity contribution in [3.05, 3.63) is 202 Å². The Bertz CT molecular complexity index is 2680. The number of carbonyl (C=O) groups excluding carboxylic acids is 1. The van der Waals surface area contributed by atoms with Crippen LogP contribution in [0.4, 0.5) is 0 Å². The van der Waals surface area contributed by atoms with Gasteiger partial charge in [0.1, 0.15) is 48.8 Å². The van der Waals surface area contributed by atoms with E-state index in [4.69, 9.17) is 42.3 Å². The van der Waals surface area contributed by atoms with Crippen molar-refractivity contribution in [1.82, 2.24) is 0 Å². The molecule has 2 aliphatic rings.